The van der Waals surface area contributed by atoms with Crippen LogP contribution in [-0.4, -0.2) is 12.6 Å². The van der Waals surface area contributed by atoms with E-state index in [1.165, 1.54) is 25.0 Å². The lowest BCUT2D eigenvalue weighted by molar-refractivity contribution is -0.137. The minimum Gasteiger partial charge on any atom is -0.314 e. The molecule has 0 bridgehead atoms. The average Bonchev–Trinajstić information content (AvgIpc) is 2.44. The zero-order valence-electron chi connectivity index (χ0n) is 12.7. The van der Waals surface area contributed by atoms with E-state index in [9.17, 15) is 13.2 Å². The maximum absolute atomic E-state index is 12.6. The summed E-state index contributed by atoms with van der Waals surface area (Å²) in [6.07, 6.45) is 0.385. The highest BCUT2D eigenvalue weighted by Gasteiger charge is 2.31. The third-order valence-electron chi connectivity index (χ3n) is 4.36. The van der Waals surface area contributed by atoms with Crippen molar-refractivity contribution in [3.05, 3.63) is 35.4 Å². The van der Waals surface area contributed by atoms with Gasteiger partial charge in [0.25, 0.3) is 0 Å². The predicted octanol–water partition coefficient (Wildman–Crippen LogP) is 4.98. The van der Waals surface area contributed by atoms with Gasteiger partial charge in [0.2, 0.25) is 0 Å². The van der Waals surface area contributed by atoms with E-state index >= 15 is 0 Å². The molecule has 21 heavy (non-hydrogen) atoms. The van der Waals surface area contributed by atoms with E-state index in [-0.39, 0.29) is 0 Å². The van der Waals surface area contributed by atoms with Crippen LogP contribution in [0.5, 0.6) is 0 Å². The molecule has 0 aromatic heterocycles. The van der Waals surface area contributed by atoms with Gasteiger partial charge in [-0.3, -0.25) is 0 Å². The van der Waals surface area contributed by atoms with Gasteiger partial charge in [-0.1, -0.05) is 38.8 Å². The average molecular weight is 299 g/mol. The molecule has 0 saturated heterocycles. The zero-order chi connectivity index (χ0) is 15.5. The second-order valence-electron chi connectivity index (χ2n) is 6.33. The first-order valence-corrected chi connectivity index (χ1v) is 7.78. The molecule has 2 unspecified atom stereocenters. The molecule has 1 aliphatic rings. The van der Waals surface area contributed by atoms with Gasteiger partial charge in [0.05, 0.1) is 5.56 Å². The number of nitrogens with one attached hydrogen (secondary N) is 1. The minimum atomic E-state index is -4.25. The number of benzene rings is 1. The molecule has 1 N–H and O–H groups in total. The molecule has 1 saturated carbocycles. The molecule has 118 valence electrons. The van der Waals surface area contributed by atoms with Gasteiger partial charge in [0.15, 0.2) is 0 Å². The number of hydrogen-bond donors (Lipinski definition) is 1. The molecule has 2 rings (SSSR count). The van der Waals surface area contributed by atoms with Gasteiger partial charge in [0, 0.05) is 6.04 Å². The van der Waals surface area contributed by atoms with Crippen LogP contribution in [0.2, 0.25) is 0 Å². The van der Waals surface area contributed by atoms with Gasteiger partial charge in [-0.2, -0.15) is 13.2 Å². The first kappa shape index (κ1) is 16.3. The summed E-state index contributed by atoms with van der Waals surface area (Å²) in [6, 6.07) is 6.22. The Bertz CT molecular complexity index is 436. The zero-order valence-corrected chi connectivity index (χ0v) is 12.7. The Balaban J connectivity index is 2.10. The van der Waals surface area contributed by atoms with Crippen molar-refractivity contribution < 1.29 is 13.2 Å². The lowest BCUT2D eigenvalue weighted by Crippen LogP contribution is -2.33. The molecule has 0 amide bonds. The van der Waals surface area contributed by atoms with Crippen molar-refractivity contribution in [3.8, 4) is 0 Å². The van der Waals surface area contributed by atoms with Gasteiger partial charge in [-0.25, -0.2) is 0 Å². The van der Waals surface area contributed by atoms with E-state index in [1.54, 1.807) is 12.1 Å². The van der Waals surface area contributed by atoms with Gasteiger partial charge in [0.1, 0.15) is 0 Å². The summed E-state index contributed by atoms with van der Waals surface area (Å²) in [5.74, 6) is 0.908. The summed E-state index contributed by atoms with van der Waals surface area (Å²) in [4.78, 5) is 0. The molecule has 1 aromatic rings. The van der Waals surface area contributed by atoms with Gasteiger partial charge in [-0.05, 0) is 48.9 Å². The first-order chi connectivity index (χ1) is 9.88. The van der Waals surface area contributed by atoms with Gasteiger partial charge >= 0.3 is 6.18 Å². The van der Waals surface area contributed by atoms with Crippen LogP contribution < -0.4 is 5.32 Å². The molecular formula is C17H24F3N. The van der Waals surface area contributed by atoms with E-state index in [4.69, 9.17) is 0 Å². The van der Waals surface area contributed by atoms with Crippen molar-refractivity contribution in [2.24, 2.45) is 5.92 Å². The third kappa shape index (κ3) is 4.47. The second-order valence-corrected chi connectivity index (χ2v) is 6.33. The fraction of sp³-hybridized carbons (Fsp3) is 0.647. The Kier molecular flexibility index (Phi) is 5.31. The van der Waals surface area contributed by atoms with Crippen LogP contribution in [0.4, 0.5) is 13.2 Å². The second kappa shape index (κ2) is 6.82. The lowest BCUT2D eigenvalue weighted by atomic mass is 9.75. The van der Waals surface area contributed by atoms with Crippen molar-refractivity contribution in [1.29, 1.82) is 0 Å². The Morgan fingerprint density at radius 3 is 2.29 bits per heavy atom. The summed E-state index contributed by atoms with van der Waals surface area (Å²) in [6.45, 7) is 5.19. The number of hydrogen-bond acceptors (Lipinski definition) is 1. The molecule has 1 aromatic carbocycles. The fourth-order valence-electron chi connectivity index (χ4n) is 3.20. The quantitative estimate of drug-likeness (QED) is 0.827. The SMILES string of the molecule is CC(C)NCC1CCCCC1c1ccc(C(F)(F)F)cc1. The third-order valence-corrected chi connectivity index (χ3v) is 4.36. The van der Waals surface area contributed by atoms with Crippen LogP contribution in [0, 0.1) is 5.92 Å². The van der Waals surface area contributed by atoms with Crippen LogP contribution in [0.3, 0.4) is 0 Å². The molecule has 1 aliphatic carbocycles. The summed E-state index contributed by atoms with van der Waals surface area (Å²) in [5.41, 5.74) is 0.497. The summed E-state index contributed by atoms with van der Waals surface area (Å²) in [5, 5.41) is 3.47. The summed E-state index contributed by atoms with van der Waals surface area (Å²) >= 11 is 0. The molecule has 0 heterocycles. The van der Waals surface area contributed by atoms with Gasteiger partial charge in [-0.15, -0.1) is 0 Å². The minimum absolute atomic E-state index is 0.382. The lowest BCUT2D eigenvalue weighted by Gasteiger charge is -2.33. The molecule has 0 spiro atoms. The highest BCUT2D eigenvalue weighted by molar-refractivity contribution is 5.28. The fourth-order valence-corrected chi connectivity index (χ4v) is 3.20. The van der Waals surface area contributed by atoms with Crippen LogP contribution in [0.1, 0.15) is 56.6 Å². The number of alkyl halides is 3. The first-order valence-electron chi connectivity index (χ1n) is 7.78. The Labute approximate surface area is 124 Å². The topological polar surface area (TPSA) is 12.0 Å². The van der Waals surface area contributed by atoms with E-state index in [2.05, 4.69) is 19.2 Å². The van der Waals surface area contributed by atoms with Crippen LogP contribution >= 0.6 is 0 Å². The van der Waals surface area contributed by atoms with Gasteiger partial charge < -0.3 is 5.32 Å². The molecule has 1 fully saturated rings. The van der Waals surface area contributed by atoms with Crippen molar-refractivity contribution in [1.82, 2.24) is 5.32 Å². The molecule has 2 atom stereocenters. The van der Waals surface area contributed by atoms with E-state index in [1.807, 2.05) is 0 Å². The van der Waals surface area contributed by atoms with Crippen molar-refractivity contribution in [3.63, 3.8) is 0 Å². The van der Waals surface area contributed by atoms with Crippen LogP contribution in [-0.2, 0) is 6.18 Å². The smallest absolute Gasteiger partial charge is 0.314 e. The highest BCUT2D eigenvalue weighted by Crippen LogP contribution is 2.38. The van der Waals surface area contributed by atoms with Crippen molar-refractivity contribution in [2.75, 3.05) is 6.54 Å². The maximum Gasteiger partial charge on any atom is 0.416 e. The van der Waals surface area contributed by atoms with Crippen LogP contribution in [0.25, 0.3) is 0 Å². The molecular weight excluding hydrogens is 275 g/mol. The summed E-state index contributed by atoms with van der Waals surface area (Å²) < 4.78 is 37.9. The molecule has 0 radical (unpaired) electrons. The number of rotatable bonds is 4. The van der Waals surface area contributed by atoms with Crippen molar-refractivity contribution >= 4 is 0 Å². The summed E-state index contributed by atoms with van der Waals surface area (Å²) in [7, 11) is 0. The van der Waals surface area contributed by atoms with E-state index in [0.717, 1.165) is 24.9 Å². The Morgan fingerprint density at radius 2 is 1.71 bits per heavy atom. The van der Waals surface area contributed by atoms with E-state index < -0.39 is 11.7 Å². The monoisotopic (exact) mass is 299 g/mol. The van der Waals surface area contributed by atoms with Crippen LogP contribution in [0.15, 0.2) is 24.3 Å². The maximum atomic E-state index is 12.6. The number of halogens is 3. The Morgan fingerprint density at radius 1 is 1.10 bits per heavy atom. The Hall–Kier alpha value is -1.03. The molecule has 0 aliphatic heterocycles. The van der Waals surface area contributed by atoms with E-state index in [0.29, 0.717) is 17.9 Å². The normalized spacial score (nSPS) is 23.5. The largest absolute Gasteiger partial charge is 0.416 e. The molecule has 1 nitrogen and oxygen atoms in total. The highest BCUT2D eigenvalue weighted by atomic mass is 19.4. The molecule has 4 heteroatoms. The predicted molar refractivity (Wildman–Crippen MR) is 79.3 cm³/mol. The standard InChI is InChI=1S/C17H24F3N/c1-12(2)21-11-14-5-3-4-6-16(14)13-7-9-15(10-8-13)17(18,19)20/h7-10,12,14,16,21H,3-6,11H2,1-2H3. The van der Waals surface area contributed by atoms with Crippen molar-refractivity contribution in [2.45, 2.75) is 57.7 Å².